The van der Waals surface area contributed by atoms with Gasteiger partial charge in [-0.3, -0.25) is 4.79 Å². The first-order valence-corrected chi connectivity index (χ1v) is 9.41. The summed E-state index contributed by atoms with van der Waals surface area (Å²) in [5.74, 6) is 1.10. The highest BCUT2D eigenvalue weighted by Crippen LogP contribution is 2.33. The van der Waals surface area contributed by atoms with E-state index in [4.69, 9.17) is 0 Å². The number of nitrogens with zero attached hydrogens (tertiary/aromatic N) is 2. The molecular weight excluding hydrogens is 324 g/mol. The highest BCUT2D eigenvalue weighted by molar-refractivity contribution is 5.93. The van der Waals surface area contributed by atoms with Crippen molar-refractivity contribution in [3.05, 3.63) is 46.8 Å². The van der Waals surface area contributed by atoms with Gasteiger partial charge in [0.05, 0.1) is 0 Å². The SMILES string of the molecule is Cc1cc(C(=O)NC2CC2)nc(Nc2c(C(C)C)cccc2C(C)C)n1. The number of hydrogen-bond acceptors (Lipinski definition) is 4. The summed E-state index contributed by atoms with van der Waals surface area (Å²) in [6, 6.07) is 8.41. The van der Waals surface area contributed by atoms with E-state index in [9.17, 15) is 4.79 Å². The molecule has 138 valence electrons. The minimum atomic E-state index is -0.123. The molecule has 0 atom stereocenters. The van der Waals surface area contributed by atoms with Gasteiger partial charge in [-0.2, -0.15) is 0 Å². The Morgan fingerprint density at radius 3 is 2.23 bits per heavy atom. The maximum Gasteiger partial charge on any atom is 0.270 e. The van der Waals surface area contributed by atoms with Crippen LogP contribution in [0.1, 0.15) is 79.7 Å². The fourth-order valence-corrected chi connectivity index (χ4v) is 3.03. The number of benzene rings is 1. The fraction of sp³-hybridized carbons (Fsp3) is 0.476. The van der Waals surface area contributed by atoms with Crippen molar-refractivity contribution in [2.75, 3.05) is 5.32 Å². The van der Waals surface area contributed by atoms with Crippen molar-refractivity contribution in [1.29, 1.82) is 0 Å². The second kappa shape index (κ2) is 7.44. The molecule has 5 nitrogen and oxygen atoms in total. The van der Waals surface area contributed by atoms with Gasteiger partial charge < -0.3 is 10.6 Å². The molecule has 2 N–H and O–H groups in total. The van der Waals surface area contributed by atoms with Gasteiger partial charge >= 0.3 is 0 Å². The van der Waals surface area contributed by atoms with Gasteiger partial charge in [0.25, 0.3) is 5.91 Å². The van der Waals surface area contributed by atoms with Crippen LogP contribution in [0, 0.1) is 6.92 Å². The predicted octanol–water partition coefficient (Wildman–Crippen LogP) is 4.67. The zero-order chi connectivity index (χ0) is 18.8. The van der Waals surface area contributed by atoms with Crippen molar-refractivity contribution in [2.45, 2.75) is 65.3 Å². The summed E-state index contributed by atoms with van der Waals surface area (Å²) in [5, 5.41) is 6.40. The van der Waals surface area contributed by atoms with Crippen LogP contribution >= 0.6 is 0 Å². The first kappa shape index (κ1) is 18.4. The topological polar surface area (TPSA) is 66.9 Å². The minimum Gasteiger partial charge on any atom is -0.348 e. The predicted molar refractivity (Wildman–Crippen MR) is 105 cm³/mol. The third kappa shape index (κ3) is 4.21. The Balaban J connectivity index is 1.95. The third-order valence-electron chi connectivity index (χ3n) is 4.61. The number of carbonyl (C=O) groups is 1. The van der Waals surface area contributed by atoms with Gasteiger partial charge in [0.1, 0.15) is 5.69 Å². The second-order valence-corrected chi connectivity index (χ2v) is 7.71. The zero-order valence-electron chi connectivity index (χ0n) is 16.3. The van der Waals surface area contributed by atoms with E-state index in [1.165, 1.54) is 11.1 Å². The van der Waals surface area contributed by atoms with E-state index in [2.05, 4.69) is 66.5 Å². The molecule has 1 aliphatic rings. The molecule has 1 saturated carbocycles. The zero-order valence-corrected chi connectivity index (χ0v) is 16.3. The number of aryl methyl sites for hydroxylation is 1. The molecule has 5 heteroatoms. The van der Waals surface area contributed by atoms with Gasteiger partial charge in [-0.05, 0) is 48.8 Å². The Hall–Kier alpha value is -2.43. The highest BCUT2D eigenvalue weighted by atomic mass is 16.2. The van der Waals surface area contributed by atoms with Gasteiger partial charge in [0, 0.05) is 17.4 Å². The standard InChI is InChI=1S/C21H28N4O/c1-12(2)16-7-6-8-17(13(3)4)19(16)25-21-22-14(5)11-18(24-21)20(26)23-15-9-10-15/h6-8,11-13,15H,9-10H2,1-5H3,(H,23,26)(H,22,24,25). The average molecular weight is 352 g/mol. The summed E-state index contributed by atoms with van der Waals surface area (Å²) in [5.41, 5.74) is 4.70. The van der Waals surface area contributed by atoms with Crippen molar-refractivity contribution in [1.82, 2.24) is 15.3 Å². The molecule has 0 unspecified atom stereocenters. The van der Waals surface area contributed by atoms with Crippen LogP contribution in [-0.4, -0.2) is 21.9 Å². The number of carbonyl (C=O) groups excluding carboxylic acids is 1. The number of nitrogens with one attached hydrogen (secondary N) is 2. The molecule has 1 aromatic heterocycles. The molecule has 1 heterocycles. The number of hydrogen-bond donors (Lipinski definition) is 2. The number of para-hydroxylation sites is 1. The van der Waals surface area contributed by atoms with Crippen LogP contribution in [0.15, 0.2) is 24.3 Å². The number of rotatable bonds is 6. The molecule has 0 saturated heterocycles. The summed E-state index contributed by atoms with van der Waals surface area (Å²) in [4.78, 5) is 21.4. The lowest BCUT2D eigenvalue weighted by molar-refractivity contribution is 0.0946. The minimum absolute atomic E-state index is 0.123. The lowest BCUT2D eigenvalue weighted by Gasteiger charge is -2.20. The molecular formula is C21H28N4O. The molecule has 26 heavy (non-hydrogen) atoms. The Morgan fingerprint density at radius 1 is 1.08 bits per heavy atom. The van der Waals surface area contributed by atoms with Gasteiger partial charge in [-0.25, -0.2) is 9.97 Å². The molecule has 0 radical (unpaired) electrons. The molecule has 3 rings (SSSR count). The molecule has 1 fully saturated rings. The summed E-state index contributed by atoms with van der Waals surface area (Å²) in [6.07, 6.45) is 2.11. The Kier molecular flexibility index (Phi) is 5.25. The van der Waals surface area contributed by atoms with E-state index in [-0.39, 0.29) is 5.91 Å². The second-order valence-electron chi connectivity index (χ2n) is 7.71. The van der Waals surface area contributed by atoms with Crippen LogP contribution in [0.4, 0.5) is 11.6 Å². The molecule has 1 amide bonds. The molecule has 1 aromatic carbocycles. The molecule has 0 aliphatic heterocycles. The van der Waals surface area contributed by atoms with E-state index in [1.807, 2.05) is 6.92 Å². The van der Waals surface area contributed by atoms with Crippen molar-refractivity contribution in [3.8, 4) is 0 Å². The van der Waals surface area contributed by atoms with E-state index >= 15 is 0 Å². The number of aromatic nitrogens is 2. The maximum absolute atomic E-state index is 12.4. The van der Waals surface area contributed by atoms with Gasteiger partial charge in [-0.15, -0.1) is 0 Å². The summed E-state index contributed by atoms with van der Waals surface area (Å²) in [7, 11) is 0. The van der Waals surface area contributed by atoms with E-state index in [0.29, 0.717) is 29.5 Å². The van der Waals surface area contributed by atoms with Gasteiger partial charge in [0.2, 0.25) is 5.95 Å². The summed E-state index contributed by atoms with van der Waals surface area (Å²) < 4.78 is 0. The van der Waals surface area contributed by atoms with E-state index < -0.39 is 0 Å². The van der Waals surface area contributed by atoms with Crippen molar-refractivity contribution >= 4 is 17.5 Å². The van der Waals surface area contributed by atoms with Crippen molar-refractivity contribution in [2.24, 2.45) is 0 Å². The highest BCUT2D eigenvalue weighted by Gasteiger charge is 2.25. The maximum atomic E-state index is 12.4. The lowest BCUT2D eigenvalue weighted by Crippen LogP contribution is -2.26. The van der Waals surface area contributed by atoms with Crippen molar-refractivity contribution < 1.29 is 4.79 Å². The van der Waals surface area contributed by atoms with Gasteiger partial charge in [-0.1, -0.05) is 45.9 Å². The number of anilines is 2. The Morgan fingerprint density at radius 2 is 1.69 bits per heavy atom. The first-order valence-electron chi connectivity index (χ1n) is 9.41. The molecule has 2 aromatic rings. The average Bonchev–Trinajstić information content (AvgIpc) is 3.38. The van der Waals surface area contributed by atoms with Crippen LogP contribution in [-0.2, 0) is 0 Å². The lowest BCUT2D eigenvalue weighted by atomic mass is 9.93. The van der Waals surface area contributed by atoms with Crippen LogP contribution in [0.5, 0.6) is 0 Å². The van der Waals surface area contributed by atoms with Crippen LogP contribution < -0.4 is 10.6 Å². The largest absolute Gasteiger partial charge is 0.348 e. The Bertz CT molecular complexity index is 783. The van der Waals surface area contributed by atoms with Gasteiger partial charge in [0.15, 0.2) is 0 Å². The first-order chi connectivity index (χ1) is 12.3. The monoisotopic (exact) mass is 352 g/mol. The molecule has 1 aliphatic carbocycles. The quantitative estimate of drug-likeness (QED) is 0.793. The van der Waals surface area contributed by atoms with Crippen LogP contribution in [0.25, 0.3) is 0 Å². The number of amides is 1. The van der Waals surface area contributed by atoms with Crippen molar-refractivity contribution in [3.63, 3.8) is 0 Å². The fourth-order valence-electron chi connectivity index (χ4n) is 3.03. The summed E-state index contributed by atoms with van der Waals surface area (Å²) >= 11 is 0. The summed E-state index contributed by atoms with van der Waals surface area (Å²) in [6.45, 7) is 10.6. The normalized spacial score (nSPS) is 14.0. The van der Waals surface area contributed by atoms with E-state index in [1.54, 1.807) is 6.07 Å². The third-order valence-corrected chi connectivity index (χ3v) is 4.61. The van der Waals surface area contributed by atoms with E-state index in [0.717, 1.165) is 24.2 Å². The molecule has 0 bridgehead atoms. The van der Waals surface area contributed by atoms with Crippen LogP contribution in [0.3, 0.4) is 0 Å². The Labute approximate surface area is 155 Å². The van der Waals surface area contributed by atoms with Crippen LogP contribution in [0.2, 0.25) is 0 Å². The smallest absolute Gasteiger partial charge is 0.270 e. The molecule has 0 spiro atoms.